The van der Waals surface area contributed by atoms with Crippen LogP contribution in [-0.4, -0.2) is 5.25 Å². The van der Waals surface area contributed by atoms with Crippen molar-refractivity contribution < 1.29 is 0 Å². The van der Waals surface area contributed by atoms with Gasteiger partial charge in [-0.25, -0.2) is 0 Å². The van der Waals surface area contributed by atoms with Crippen molar-refractivity contribution in [3.8, 4) is 0 Å². The lowest BCUT2D eigenvalue weighted by atomic mass is 10.2. The maximum atomic E-state index is 6.10. The van der Waals surface area contributed by atoms with E-state index in [2.05, 4.69) is 26.8 Å². The third-order valence-corrected chi connectivity index (χ3v) is 4.30. The van der Waals surface area contributed by atoms with Crippen LogP contribution in [-0.2, 0) is 6.54 Å². The monoisotopic (exact) mass is 243 g/mol. The average Bonchev–Trinajstić information content (AvgIpc) is 2.18. The van der Waals surface area contributed by atoms with E-state index in [0.29, 0.717) is 17.7 Å². The van der Waals surface area contributed by atoms with Crippen LogP contribution in [0.25, 0.3) is 0 Å². The first-order valence-corrected chi connectivity index (χ1v) is 6.45. The molecule has 1 atom stereocenters. The van der Waals surface area contributed by atoms with Gasteiger partial charge in [0.15, 0.2) is 0 Å². The highest BCUT2D eigenvalue weighted by Gasteiger charge is 2.09. The molecule has 0 saturated heterocycles. The average molecular weight is 244 g/mol. The smallest absolute Gasteiger partial charge is 0.0462 e. The van der Waals surface area contributed by atoms with Crippen LogP contribution in [0.4, 0.5) is 0 Å². The fraction of sp³-hybridized carbons (Fsp3) is 0.500. The van der Waals surface area contributed by atoms with Gasteiger partial charge in [0.05, 0.1) is 0 Å². The van der Waals surface area contributed by atoms with E-state index in [0.717, 1.165) is 10.6 Å². The molecular formula is C12H18ClNS. The molecule has 0 heterocycles. The summed E-state index contributed by atoms with van der Waals surface area (Å²) in [6, 6.07) is 6.11. The second-order valence-corrected chi connectivity index (χ2v) is 5.88. The number of thioether (sulfide) groups is 1. The highest BCUT2D eigenvalue weighted by Crippen LogP contribution is 2.30. The van der Waals surface area contributed by atoms with E-state index >= 15 is 0 Å². The van der Waals surface area contributed by atoms with E-state index in [4.69, 9.17) is 17.3 Å². The third-order valence-electron chi connectivity index (χ3n) is 2.51. The minimum Gasteiger partial charge on any atom is -0.326 e. The molecule has 0 aliphatic rings. The van der Waals surface area contributed by atoms with E-state index in [1.807, 2.05) is 23.9 Å². The third kappa shape index (κ3) is 3.71. The number of nitrogens with two attached hydrogens (primary N) is 1. The van der Waals surface area contributed by atoms with Crippen molar-refractivity contribution in [3.05, 3.63) is 28.8 Å². The van der Waals surface area contributed by atoms with E-state index in [1.54, 1.807) is 0 Å². The standard InChI is InChI=1S/C12H18ClNS/c1-8(2)9(3)15-11-5-4-10(7-14)12(13)6-11/h4-6,8-9H,7,14H2,1-3H3. The first-order valence-electron chi connectivity index (χ1n) is 5.19. The van der Waals surface area contributed by atoms with Crippen molar-refractivity contribution in [1.82, 2.24) is 0 Å². The lowest BCUT2D eigenvalue weighted by Gasteiger charge is -2.15. The molecule has 0 fully saturated rings. The van der Waals surface area contributed by atoms with E-state index in [1.165, 1.54) is 4.90 Å². The zero-order chi connectivity index (χ0) is 11.4. The van der Waals surface area contributed by atoms with Gasteiger partial charge in [0, 0.05) is 21.7 Å². The fourth-order valence-corrected chi connectivity index (χ4v) is 2.47. The molecule has 15 heavy (non-hydrogen) atoms. The van der Waals surface area contributed by atoms with Crippen molar-refractivity contribution in [2.24, 2.45) is 11.7 Å². The molecule has 0 aliphatic carbocycles. The minimum atomic E-state index is 0.503. The molecule has 0 radical (unpaired) electrons. The second-order valence-electron chi connectivity index (χ2n) is 4.02. The lowest BCUT2D eigenvalue weighted by molar-refractivity contribution is 0.642. The van der Waals surface area contributed by atoms with Crippen molar-refractivity contribution >= 4 is 23.4 Å². The Bertz CT molecular complexity index is 325. The summed E-state index contributed by atoms with van der Waals surface area (Å²) in [5.41, 5.74) is 6.57. The SMILES string of the molecule is CC(C)C(C)Sc1ccc(CN)c(Cl)c1. The number of hydrogen-bond donors (Lipinski definition) is 1. The zero-order valence-corrected chi connectivity index (χ0v) is 11.0. The first kappa shape index (κ1) is 12.9. The Kier molecular flexibility index (Phi) is 4.97. The van der Waals surface area contributed by atoms with Crippen molar-refractivity contribution in [2.45, 2.75) is 37.5 Å². The van der Waals surface area contributed by atoms with Gasteiger partial charge in [0.1, 0.15) is 0 Å². The van der Waals surface area contributed by atoms with Gasteiger partial charge in [-0.15, -0.1) is 11.8 Å². The van der Waals surface area contributed by atoms with Crippen LogP contribution in [0.1, 0.15) is 26.3 Å². The quantitative estimate of drug-likeness (QED) is 0.811. The van der Waals surface area contributed by atoms with Crippen LogP contribution in [0.2, 0.25) is 5.02 Å². The van der Waals surface area contributed by atoms with Crippen molar-refractivity contribution in [3.63, 3.8) is 0 Å². The molecule has 0 spiro atoms. The summed E-state index contributed by atoms with van der Waals surface area (Å²) >= 11 is 7.96. The first-order chi connectivity index (χ1) is 7.04. The van der Waals surface area contributed by atoms with Crippen LogP contribution < -0.4 is 5.73 Å². The molecule has 1 rings (SSSR count). The van der Waals surface area contributed by atoms with Crippen LogP contribution in [0.5, 0.6) is 0 Å². The Morgan fingerprint density at radius 1 is 1.33 bits per heavy atom. The van der Waals surface area contributed by atoms with Crippen molar-refractivity contribution in [2.75, 3.05) is 0 Å². The number of benzene rings is 1. The summed E-state index contributed by atoms with van der Waals surface area (Å²) in [7, 11) is 0. The van der Waals surface area contributed by atoms with Gasteiger partial charge in [-0.3, -0.25) is 0 Å². The summed E-state index contributed by atoms with van der Waals surface area (Å²) in [5, 5.41) is 1.38. The summed E-state index contributed by atoms with van der Waals surface area (Å²) in [4.78, 5) is 1.22. The van der Waals surface area contributed by atoms with Gasteiger partial charge in [0.25, 0.3) is 0 Å². The molecule has 84 valence electrons. The summed E-state index contributed by atoms with van der Waals surface area (Å²) in [5.74, 6) is 0.669. The molecule has 0 amide bonds. The van der Waals surface area contributed by atoms with Crippen LogP contribution in [0.15, 0.2) is 23.1 Å². The molecule has 1 unspecified atom stereocenters. The molecule has 0 saturated carbocycles. The maximum Gasteiger partial charge on any atom is 0.0462 e. The van der Waals surface area contributed by atoms with Crippen molar-refractivity contribution in [1.29, 1.82) is 0 Å². The minimum absolute atomic E-state index is 0.503. The Morgan fingerprint density at radius 2 is 2.00 bits per heavy atom. The predicted octanol–water partition coefficient (Wildman–Crippen LogP) is 3.94. The second kappa shape index (κ2) is 5.78. The van der Waals surface area contributed by atoms with E-state index in [-0.39, 0.29) is 0 Å². The van der Waals surface area contributed by atoms with Gasteiger partial charge >= 0.3 is 0 Å². The Hall–Kier alpha value is -0.180. The summed E-state index contributed by atoms with van der Waals surface area (Å²) in [6.07, 6.45) is 0. The van der Waals surface area contributed by atoms with E-state index < -0.39 is 0 Å². The van der Waals surface area contributed by atoms with Crippen LogP contribution in [0, 0.1) is 5.92 Å². The molecule has 0 aliphatic heterocycles. The number of halogens is 1. The van der Waals surface area contributed by atoms with Crippen LogP contribution >= 0.6 is 23.4 Å². The lowest BCUT2D eigenvalue weighted by Crippen LogP contribution is -2.05. The Morgan fingerprint density at radius 3 is 2.47 bits per heavy atom. The maximum absolute atomic E-state index is 6.10. The molecule has 1 nitrogen and oxygen atoms in total. The van der Waals surface area contributed by atoms with Gasteiger partial charge in [0.2, 0.25) is 0 Å². The molecule has 1 aromatic carbocycles. The van der Waals surface area contributed by atoms with Gasteiger partial charge in [-0.2, -0.15) is 0 Å². The highest BCUT2D eigenvalue weighted by molar-refractivity contribution is 8.00. The molecule has 3 heteroatoms. The fourth-order valence-electron chi connectivity index (χ4n) is 1.12. The van der Waals surface area contributed by atoms with Gasteiger partial charge in [-0.05, 0) is 23.6 Å². The topological polar surface area (TPSA) is 26.0 Å². The summed E-state index contributed by atoms with van der Waals surface area (Å²) < 4.78 is 0. The normalized spacial score (nSPS) is 13.2. The molecular weight excluding hydrogens is 226 g/mol. The zero-order valence-electron chi connectivity index (χ0n) is 9.46. The van der Waals surface area contributed by atoms with Gasteiger partial charge < -0.3 is 5.73 Å². The molecule has 0 aromatic heterocycles. The molecule has 0 bridgehead atoms. The largest absolute Gasteiger partial charge is 0.326 e. The van der Waals surface area contributed by atoms with Gasteiger partial charge in [-0.1, -0.05) is 38.4 Å². The Balaban J connectivity index is 2.75. The van der Waals surface area contributed by atoms with E-state index in [9.17, 15) is 0 Å². The molecule has 2 N–H and O–H groups in total. The Labute approximate surface area is 101 Å². The summed E-state index contributed by atoms with van der Waals surface area (Å²) in [6.45, 7) is 7.20. The number of hydrogen-bond acceptors (Lipinski definition) is 2. The predicted molar refractivity (Wildman–Crippen MR) is 69.5 cm³/mol. The highest BCUT2D eigenvalue weighted by atomic mass is 35.5. The number of rotatable bonds is 4. The molecule has 1 aromatic rings. The van der Waals surface area contributed by atoms with Crippen LogP contribution in [0.3, 0.4) is 0 Å².